The molecular formula is C7H17N2PS. The Morgan fingerprint density at radius 3 is 2.45 bits per heavy atom. The van der Waals surface area contributed by atoms with Crippen molar-refractivity contribution in [2.45, 2.75) is 32.6 Å². The number of nitrogens with two attached hydrogens (primary N) is 2. The van der Waals surface area contributed by atoms with Crippen LogP contribution in [0.1, 0.15) is 32.6 Å². The van der Waals surface area contributed by atoms with Gasteiger partial charge in [0.1, 0.15) is 0 Å². The summed E-state index contributed by atoms with van der Waals surface area (Å²) in [5.41, 5.74) is 10.9. The van der Waals surface area contributed by atoms with Gasteiger partial charge in [0, 0.05) is 0 Å². The van der Waals surface area contributed by atoms with E-state index in [2.05, 4.69) is 6.92 Å². The maximum absolute atomic E-state index is 5.47. The lowest BCUT2D eigenvalue weighted by atomic mass is 10.2. The third-order valence-corrected chi connectivity index (χ3v) is 2.35. The maximum Gasteiger partial charge on any atom is 0.0887 e. The summed E-state index contributed by atoms with van der Waals surface area (Å²) in [7, 11) is 0. The summed E-state index contributed by atoms with van der Waals surface area (Å²) < 4.78 is 0. The van der Waals surface area contributed by atoms with Crippen molar-refractivity contribution in [1.82, 2.24) is 0 Å². The highest BCUT2D eigenvalue weighted by molar-refractivity contribution is 8.13. The molecule has 0 rings (SSSR count). The lowest BCUT2D eigenvalue weighted by molar-refractivity contribution is 0.729. The van der Waals surface area contributed by atoms with E-state index in [-0.39, 0.29) is 0 Å². The first-order valence-corrected chi connectivity index (χ1v) is 6.92. The van der Waals surface area contributed by atoms with Crippen LogP contribution in [-0.4, -0.2) is 0 Å². The Morgan fingerprint density at radius 1 is 1.36 bits per heavy atom. The normalized spacial score (nSPS) is 12.6. The first-order valence-electron chi connectivity index (χ1n) is 3.91. The Morgan fingerprint density at radius 2 is 2.00 bits per heavy atom. The van der Waals surface area contributed by atoms with E-state index in [0.29, 0.717) is 0 Å². The summed E-state index contributed by atoms with van der Waals surface area (Å²) in [6, 6.07) is 0. The van der Waals surface area contributed by atoms with Crippen molar-refractivity contribution in [3.05, 3.63) is 11.9 Å². The highest BCUT2D eigenvalue weighted by atomic mass is 32.4. The zero-order chi connectivity index (χ0) is 8.74. The number of rotatable bonds is 5. The van der Waals surface area contributed by atoms with Crippen LogP contribution in [0.3, 0.4) is 0 Å². The lowest BCUT2D eigenvalue weighted by Crippen LogP contribution is -1.99. The molecule has 0 fully saturated rings. The van der Waals surface area contributed by atoms with E-state index in [0.717, 1.165) is 6.42 Å². The summed E-state index contributed by atoms with van der Waals surface area (Å²) in [5.74, 6) is 1.79. The zero-order valence-corrected chi connectivity index (χ0v) is 8.70. The van der Waals surface area contributed by atoms with E-state index < -0.39 is 6.34 Å². The number of hydrogen-bond acceptors (Lipinski definition) is 1. The van der Waals surface area contributed by atoms with Gasteiger partial charge in [0.2, 0.25) is 0 Å². The standard InChI is InChI=1S/C7H17N2PS/c1-2-3-4-5-6-7-10(8,9)11/h6-7H,2-5H2,1H3,(H4,8,9,11). The topological polar surface area (TPSA) is 52.0 Å². The molecule has 2 nitrogen and oxygen atoms in total. The van der Waals surface area contributed by atoms with Crippen molar-refractivity contribution in [3.8, 4) is 0 Å². The van der Waals surface area contributed by atoms with E-state index in [4.69, 9.17) is 22.8 Å². The molecule has 0 aliphatic rings. The molecule has 4 N–H and O–H groups in total. The third kappa shape index (κ3) is 10.3. The monoisotopic (exact) mass is 192 g/mol. The number of allylic oxidation sites excluding steroid dienone is 1. The van der Waals surface area contributed by atoms with Crippen molar-refractivity contribution in [2.75, 3.05) is 0 Å². The minimum absolute atomic E-state index is 1.06. The van der Waals surface area contributed by atoms with Crippen LogP contribution in [0.2, 0.25) is 0 Å². The Labute approximate surface area is 74.2 Å². The van der Waals surface area contributed by atoms with Crippen LogP contribution in [0.5, 0.6) is 0 Å². The molecule has 4 heteroatoms. The summed E-state index contributed by atoms with van der Waals surface area (Å²) in [4.78, 5) is 0. The minimum Gasteiger partial charge on any atom is -0.288 e. The molecule has 0 radical (unpaired) electrons. The van der Waals surface area contributed by atoms with Gasteiger partial charge in [-0.1, -0.05) is 37.6 Å². The van der Waals surface area contributed by atoms with Gasteiger partial charge < -0.3 is 0 Å². The molecule has 0 aromatic carbocycles. The van der Waals surface area contributed by atoms with E-state index >= 15 is 0 Å². The molecule has 0 aliphatic heterocycles. The predicted octanol–water partition coefficient (Wildman–Crippen LogP) is 2.31. The molecule has 0 saturated carbocycles. The van der Waals surface area contributed by atoms with Gasteiger partial charge in [-0.3, -0.25) is 11.0 Å². The van der Waals surface area contributed by atoms with Gasteiger partial charge in [-0.15, -0.1) is 0 Å². The molecule has 0 bridgehead atoms. The van der Waals surface area contributed by atoms with Crippen LogP contribution in [0.15, 0.2) is 11.9 Å². The minimum atomic E-state index is -2.06. The van der Waals surface area contributed by atoms with Crippen molar-refractivity contribution in [2.24, 2.45) is 11.0 Å². The summed E-state index contributed by atoms with van der Waals surface area (Å²) in [6.07, 6.45) is 4.73. The smallest absolute Gasteiger partial charge is 0.0887 e. The Balaban J connectivity index is 3.38. The molecule has 0 atom stereocenters. The fourth-order valence-corrected chi connectivity index (χ4v) is 1.49. The van der Waals surface area contributed by atoms with Crippen LogP contribution in [0.25, 0.3) is 0 Å². The molecule has 0 saturated heterocycles. The summed E-state index contributed by atoms with van der Waals surface area (Å²) in [5, 5.41) is 0. The van der Waals surface area contributed by atoms with E-state index in [1.54, 1.807) is 5.82 Å². The summed E-state index contributed by atoms with van der Waals surface area (Å²) >= 11 is 4.84. The molecule has 0 amide bonds. The van der Waals surface area contributed by atoms with Crippen LogP contribution in [-0.2, 0) is 11.8 Å². The fourth-order valence-electron chi connectivity index (χ4n) is 0.751. The lowest BCUT2D eigenvalue weighted by Gasteiger charge is -2.00. The van der Waals surface area contributed by atoms with E-state index in [9.17, 15) is 0 Å². The van der Waals surface area contributed by atoms with Crippen molar-refractivity contribution < 1.29 is 0 Å². The van der Waals surface area contributed by atoms with Gasteiger partial charge in [0.15, 0.2) is 0 Å². The van der Waals surface area contributed by atoms with E-state index in [1.807, 2.05) is 6.08 Å². The molecule has 11 heavy (non-hydrogen) atoms. The molecule has 0 heterocycles. The van der Waals surface area contributed by atoms with Crippen LogP contribution in [0, 0.1) is 0 Å². The Bertz CT molecular complexity index is 162. The molecule has 0 spiro atoms. The largest absolute Gasteiger partial charge is 0.288 e. The zero-order valence-electron chi connectivity index (χ0n) is 6.99. The first kappa shape index (κ1) is 11.3. The van der Waals surface area contributed by atoms with Crippen LogP contribution >= 0.6 is 6.34 Å². The van der Waals surface area contributed by atoms with Gasteiger partial charge in [0.05, 0.1) is 6.34 Å². The maximum atomic E-state index is 5.47. The SMILES string of the molecule is CCCCCC=CP(N)(N)=S. The van der Waals surface area contributed by atoms with Crippen molar-refractivity contribution in [3.63, 3.8) is 0 Å². The highest BCUT2D eigenvalue weighted by Gasteiger charge is 1.92. The van der Waals surface area contributed by atoms with E-state index in [1.165, 1.54) is 19.3 Å². The van der Waals surface area contributed by atoms with Gasteiger partial charge >= 0.3 is 0 Å². The Hall–Kier alpha value is 0.310. The second-order valence-electron chi connectivity index (χ2n) is 2.64. The van der Waals surface area contributed by atoms with Crippen LogP contribution < -0.4 is 11.0 Å². The van der Waals surface area contributed by atoms with Crippen LogP contribution in [0.4, 0.5) is 0 Å². The molecule has 0 aromatic rings. The molecule has 0 aliphatic carbocycles. The first-order chi connectivity index (χ1) is 5.06. The van der Waals surface area contributed by atoms with Gasteiger partial charge in [-0.05, 0) is 18.7 Å². The van der Waals surface area contributed by atoms with Crippen molar-refractivity contribution >= 4 is 18.1 Å². The second-order valence-corrected chi connectivity index (χ2v) is 6.37. The average Bonchev–Trinajstić information content (AvgIpc) is 1.85. The molecule has 0 aromatic heterocycles. The molecular weight excluding hydrogens is 175 g/mol. The summed E-state index contributed by atoms with van der Waals surface area (Å²) in [6.45, 7) is 2.18. The average molecular weight is 192 g/mol. The van der Waals surface area contributed by atoms with Gasteiger partial charge in [-0.2, -0.15) is 0 Å². The number of unbranched alkanes of at least 4 members (excludes halogenated alkanes) is 3. The van der Waals surface area contributed by atoms with Crippen molar-refractivity contribution in [1.29, 1.82) is 0 Å². The fraction of sp³-hybridized carbons (Fsp3) is 0.714. The van der Waals surface area contributed by atoms with Gasteiger partial charge in [0.25, 0.3) is 0 Å². The van der Waals surface area contributed by atoms with Gasteiger partial charge in [-0.25, -0.2) is 0 Å². The highest BCUT2D eigenvalue weighted by Crippen LogP contribution is 2.27. The molecule has 0 unspecified atom stereocenters. The Kier molecular flexibility index (Phi) is 6.06. The second kappa shape index (κ2) is 5.90. The third-order valence-electron chi connectivity index (χ3n) is 1.31. The molecule has 66 valence electrons. The predicted molar refractivity (Wildman–Crippen MR) is 55.9 cm³/mol. The quantitative estimate of drug-likeness (QED) is 0.519. The number of hydrogen-bond donors (Lipinski definition) is 2.